The van der Waals surface area contributed by atoms with Gasteiger partial charge in [-0.05, 0) is 36.8 Å². The molecular formula is C24H27NO4. The van der Waals surface area contributed by atoms with Gasteiger partial charge < -0.3 is 19.7 Å². The van der Waals surface area contributed by atoms with Crippen LogP contribution >= 0.6 is 0 Å². The third kappa shape index (κ3) is 6.52. The predicted octanol–water partition coefficient (Wildman–Crippen LogP) is 4.06. The summed E-state index contributed by atoms with van der Waals surface area (Å²) >= 11 is 0. The summed E-state index contributed by atoms with van der Waals surface area (Å²) in [6.45, 7) is 3.03. The number of aliphatic hydroxyl groups is 1. The fraction of sp³-hybridized carbons (Fsp3) is 0.250. The van der Waals surface area contributed by atoms with Crippen molar-refractivity contribution >= 4 is 0 Å². The highest BCUT2D eigenvalue weighted by Crippen LogP contribution is 2.26. The van der Waals surface area contributed by atoms with Crippen molar-refractivity contribution in [3.63, 3.8) is 0 Å². The van der Waals surface area contributed by atoms with Crippen LogP contribution in [0, 0.1) is 0 Å². The van der Waals surface area contributed by atoms with Crippen molar-refractivity contribution in [1.82, 2.24) is 4.90 Å². The van der Waals surface area contributed by atoms with Gasteiger partial charge in [0.2, 0.25) is 0 Å². The number of phenols is 1. The Morgan fingerprint density at radius 1 is 0.862 bits per heavy atom. The summed E-state index contributed by atoms with van der Waals surface area (Å²) in [7, 11) is 0. The minimum absolute atomic E-state index is 0.0898. The van der Waals surface area contributed by atoms with Crippen molar-refractivity contribution in [2.45, 2.75) is 25.8 Å². The number of phenolic OH excluding ortho intramolecular Hbond substituents is 1. The summed E-state index contributed by atoms with van der Waals surface area (Å²) < 4.78 is 11.6. The summed E-state index contributed by atoms with van der Waals surface area (Å²) in [5.74, 6) is 1.22. The van der Waals surface area contributed by atoms with E-state index in [1.807, 2.05) is 78.6 Å². The zero-order valence-corrected chi connectivity index (χ0v) is 16.5. The molecule has 152 valence electrons. The van der Waals surface area contributed by atoms with Crippen molar-refractivity contribution in [2.24, 2.45) is 0 Å². The molecule has 5 nitrogen and oxygen atoms in total. The van der Waals surface area contributed by atoms with Crippen LogP contribution in [0.5, 0.6) is 17.2 Å². The lowest BCUT2D eigenvalue weighted by atomic mass is 10.2. The van der Waals surface area contributed by atoms with Crippen molar-refractivity contribution in [3.05, 3.63) is 90.5 Å². The molecule has 2 atom stereocenters. The average molecular weight is 393 g/mol. The maximum atomic E-state index is 10.6. The number of hydrogen-bond donors (Lipinski definition) is 2. The van der Waals surface area contributed by atoms with Crippen LogP contribution in [0.4, 0.5) is 0 Å². The number of rotatable bonds is 10. The molecule has 3 aromatic carbocycles. The highest BCUT2D eigenvalue weighted by molar-refractivity contribution is 5.38. The Morgan fingerprint density at radius 2 is 1.48 bits per heavy atom. The number of aliphatic hydroxyl groups excluding tert-OH is 1. The summed E-state index contributed by atoms with van der Waals surface area (Å²) in [6.07, 6.45) is -1.07. The maximum Gasteiger partial charge on any atom is 0.163 e. The molecule has 3 rings (SSSR count). The normalized spacial score (nSPS) is 13.1. The first-order chi connectivity index (χ1) is 14.1. The molecule has 5 heteroatoms. The summed E-state index contributed by atoms with van der Waals surface area (Å²) in [6, 6.07) is 26.3. The van der Waals surface area contributed by atoms with E-state index in [1.54, 1.807) is 18.2 Å². The second-order valence-corrected chi connectivity index (χ2v) is 6.88. The molecule has 2 unspecified atom stereocenters. The van der Waals surface area contributed by atoms with Crippen LogP contribution in [-0.2, 0) is 6.54 Å². The Hall–Kier alpha value is -3.02. The van der Waals surface area contributed by atoms with Gasteiger partial charge in [-0.15, -0.1) is 0 Å². The molecule has 0 aliphatic rings. The van der Waals surface area contributed by atoms with E-state index >= 15 is 0 Å². The van der Waals surface area contributed by atoms with Crippen molar-refractivity contribution in [3.8, 4) is 17.2 Å². The molecule has 2 N–H and O–H groups in total. The molecule has 0 amide bonds. The van der Waals surface area contributed by atoms with Crippen LogP contribution in [0.3, 0.4) is 0 Å². The number of hydrogen-bond acceptors (Lipinski definition) is 5. The third-order valence-electron chi connectivity index (χ3n) is 4.54. The Kier molecular flexibility index (Phi) is 7.50. The fourth-order valence-electron chi connectivity index (χ4n) is 3.01. The Morgan fingerprint density at radius 3 is 2.17 bits per heavy atom. The van der Waals surface area contributed by atoms with Gasteiger partial charge in [0.05, 0.1) is 0 Å². The predicted molar refractivity (Wildman–Crippen MR) is 113 cm³/mol. The molecule has 0 radical (unpaired) electrons. The molecule has 0 heterocycles. The zero-order valence-electron chi connectivity index (χ0n) is 16.5. The highest BCUT2D eigenvalue weighted by atomic mass is 16.5. The summed E-state index contributed by atoms with van der Waals surface area (Å²) in [4.78, 5) is 2.01. The maximum absolute atomic E-state index is 10.6. The second-order valence-electron chi connectivity index (χ2n) is 6.88. The smallest absolute Gasteiger partial charge is 0.163 e. The lowest BCUT2D eigenvalue weighted by Crippen LogP contribution is -2.43. The van der Waals surface area contributed by atoms with Gasteiger partial charge in [-0.3, -0.25) is 4.90 Å². The van der Waals surface area contributed by atoms with E-state index in [9.17, 15) is 10.2 Å². The quantitative estimate of drug-likeness (QED) is 0.509. The van der Waals surface area contributed by atoms with E-state index < -0.39 is 6.10 Å². The first-order valence-electron chi connectivity index (χ1n) is 9.70. The summed E-state index contributed by atoms with van der Waals surface area (Å²) in [5.41, 5.74) is 1.11. The van der Waals surface area contributed by atoms with E-state index in [-0.39, 0.29) is 18.6 Å². The SMILES string of the molecule is CC(Oc1ccccc1O)N(Cc1ccccc1)CC(O)COc1ccccc1. The number of benzene rings is 3. The molecule has 0 saturated heterocycles. The highest BCUT2D eigenvalue weighted by Gasteiger charge is 2.21. The van der Waals surface area contributed by atoms with E-state index in [0.717, 1.165) is 11.3 Å². The van der Waals surface area contributed by atoms with Gasteiger partial charge in [-0.2, -0.15) is 0 Å². The molecule has 0 aromatic heterocycles. The molecule has 29 heavy (non-hydrogen) atoms. The minimum Gasteiger partial charge on any atom is -0.504 e. The molecule has 0 aliphatic heterocycles. The molecule has 0 aliphatic carbocycles. The van der Waals surface area contributed by atoms with Crippen LogP contribution in [0.25, 0.3) is 0 Å². The second kappa shape index (κ2) is 10.5. The van der Waals surface area contributed by atoms with Crippen LogP contribution in [0.1, 0.15) is 12.5 Å². The molecule has 3 aromatic rings. The fourth-order valence-corrected chi connectivity index (χ4v) is 3.01. The van der Waals surface area contributed by atoms with Crippen LogP contribution in [0.15, 0.2) is 84.9 Å². The van der Waals surface area contributed by atoms with Gasteiger partial charge in [-0.1, -0.05) is 60.7 Å². The lowest BCUT2D eigenvalue weighted by Gasteiger charge is -2.31. The van der Waals surface area contributed by atoms with E-state index in [1.165, 1.54) is 0 Å². The number of aromatic hydroxyl groups is 1. The number of nitrogens with zero attached hydrogens (tertiary/aromatic N) is 1. The van der Waals surface area contributed by atoms with Gasteiger partial charge in [-0.25, -0.2) is 0 Å². The first kappa shape index (κ1) is 20.7. The Balaban J connectivity index is 1.65. The van der Waals surface area contributed by atoms with Gasteiger partial charge in [0.25, 0.3) is 0 Å². The molecular weight excluding hydrogens is 366 g/mol. The van der Waals surface area contributed by atoms with Gasteiger partial charge in [0.15, 0.2) is 11.5 Å². The van der Waals surface area contributed by atoms with E-state index in [0.29, 0.717) is 18.8 Å². The van der Waals surface area contributed by atoms with E-state index in [4.69, 9.17) is 9.47 Å². The van der Waals surface area contributed by atoms with Crippen molar-refractivity contribution in [2.75, 3.05) is 13.2 Å². The van der Waals surface area contributed by atoms with Gasteiger partial charge in [0, 0.05) is 13.1 Å². The van der Waals surface area contributed by atoms with Gasteiger partial charge >= 0.3 is 0 Å². The van der Waals surface area contributed by atoms with Crippen molar-refractivity contribution < 1.29 is 19.7 Å². The Labute approximate surface area is 171 Å². The molecule has 0 spiro atoms. The van der Waals surface area contributed by atoms with Crippen LogP contribution in [0.2, 0.25) is 0 Å². The average Bonchev–Trinajstić information content (AvgIpc) is 2.75. The molecule has 0 fully saturated rings. The Bertz CT molecular complexity index is 857. The monoisotopic (exact) mass is 393 g/mol. The lowest BCUT2D eigenvalue weighted by molar-refractivity contribution is -0.0125. The largest absolute Gasteiger partial charge is 0.504 e. The number of para-hydroxylation sites is 3. The van der Waals surface area contributed by atoms with Crippen LogP contribution < -0.4 is 9.47 Å². The zero-order chi connectivity index (χ0) is 20.5. The van der Waals surface area contributed by atoms with Gasteiger partial charge in [0.1, 0.15) is 24.7 Å². The topological polar surface area (TPSA) is 62.2 Å². The summed E-state index contributed by atoms with van der Waals surface area (Å²) in [5, 5.41) is 20.6. The van der Waals surface area contributed by atoms with Crippen LogP contribution in [-0.4, -0.2) is 40.6 Å². The van der Waals surface area contributed by atoms with Crippen molar-refractivity contribution in [1.29, 1.82) is 0 Å². The first-order valence-corrected chi connectivity index (χ1v) is 9.70. The minimum atomic E-state index is -0.700. The molecule has 0 saturated carbocycles. The standard InChI is InChI=1S/C24H27NO4/c1-19(29-24-15-9-8-14-23(24)27)25(16-20-10-4-2-5-11-20)17-21(26)18-28-22-12-6-3-7-13-22/h2-15,19,21,26-27H,16-18H2,1H3. The number of ether oxygens (including phenoxy) is 2. The third-order valence-corrected chi connectivity index (χ3v) is 4.54. The van der Waals surface area contributed by atoms with E-state index in [2.05, 4.69) is 0 Å². The molecule has 0 bridgehead atoms.